The summed E-state index contributed by atoms with van der Waals surface area (Å²) in [6.07, 6.45) is 11.1. The Hall–Kier alpha value is -5.10. The normalized spacial score (nSPS) is 23.7. The Labute approximate surface area is 428 Å². The van der Waals surface area contributed by atoms with Crippen LogP contribution in [0.2, 0.25) is 0 Å². The number of likely N-dealkylation sites (tertiary alicyclic amines) is 2. The highest BCUT2D eigenvalue weighted by Gasteiger charge is 2.48. The molecule has 0 spiro atoms. The van der Waals surface area contributed by atoms with E-state index >= 15 is 0 Å². The van der Waals surface area contributed by atoms with Crippen LogP contribution in [0.4, 0.5) is 0 Å². The van der Waals surface area contributed by atoms with E-state index in [0.717, 1.165) is 51.4 Å². The minimum absolute atomic E-state index is 0.0179. The highest BCUT2D eigenvalue weighted by molar-refractivity contribution is 6.01. The van der Waals surface area contributed by atoms with Gasteiger partial charge in [-0.15, -0.1) is 0 Å². The zero-order valence-electron chi connectivity index (χ0n) is 45.3. The minimum atomic E-state index is -0.968. The fraction of sp³-hybridized carbons (Fsp3) is 0.741. The maximum Gasteiger partial charge on any atom is 0.251 e. The molecule has 8 amide bonds. The number of nitrogens with zero attached hydrogens (tertiary/aromatic N) is 2. The van der Waals surface area contributed by atoms with Crippen molar-refractivity contribution in [2.45, 2.75) is 207 Å². The highest BCUT2D eigenvalue weighted by atomic mass is 16.2. The third-order valence-electron chi connectivity index (χ3n) is 15.7. The third kappa shape index (κ3) is 15.0. The monoisotopic (exact) mass is 1000 g/mol. The summed E-state index contributed by atoms with van der Waals surface area (Å²) in [6.45, 7) is 18.6. The predicted octanol–water partition coefficient (Wildman–Crippen LogP) is 3.53. The van der Waals surface area contributed by atoms with Crippen LogP contribution >= 0.6 is 0 Å². The Morgan fingerprint density at radius 1 is 0.528 bits per heavy atom. The van der Waals surface area contributed by atoms with E-state index in [4.69, 9.17) is 0 Å². The molecule has 2 aliphatic carbocycles. The number of amides is 8. The molecule has 1 aromatic rings. The lowest BCUT2D eigenvalue weighted by molar-refractivity contribution is -0.144. The van der Waals surface area contributed by atoms with Gasteiger partial charge < -0.3 is 52.3 Å². The molecule has 0 radical (unpaired) electrons. The summed E-state index contributed by atoms with van der Waals surface area (Å²) in [5.74, 6) is -2.56. The van der Waals surface area contributed by atoms with E-state index in [9.17, 15) is 38.4 Å². The predicted molar refractivity (Wildman–Crippen MR) is 277 cm³/mol. The zero-order chi connectivity index (χ0) is 53.2. The fourth-order valence-corrected chi connectivity index (χ4v) is 10.8. The average molecular weight is 1010 g/mol. The van der Waals surface area contributed by atoms with Crippen LogP contribution in [0, 0.1) is 22.7 Å². The van der Waals surface area contributed by atoms with E-state index in [1.807, 2.05) is 55.4 Å². The first-order valence-electron chi connectivity index (χ1n) is 26.7. The van der Waals surface area contributed by atoms with E-state index in [1.165, 1.54) is 28.7 Å². The number of likely N-dealkylation sites (N-methyl/N-ethyl adjacent to an activating group) is 2. The number of hydrogen-bond donors (Lipinski definition) is 8. The van der Waals surface area contributed by atoms with Crippen LogP contribution in [0.1, 0.15) is 167 Å². The molecule has 402 valence electrons. The Kier molecular flexibility index (Phi) is 20.2. The second-order valence-electron chi connectivity index (χ2n) is 23.4. The third-order valence-corrected chi connectivity index (χ3v) is 15.7. The molecule has 18 nitrogen and oxygen atoms in total. The minimum Gasteiger partial charge on any atom is -0.352 e. The van der Waals surface area contributed by atoms with Crippen molar-refractivity contribution in [1.82, 2.24) is 52.3 Å². The molecule has 72 heavy (non-hydrogen) atoms. The summed E-state index contributed by atoms with van der Waals surface area (Å²) >= 11 is 0. The van der Waals surface area contributed by atoms with Crippen LogP contribution in [0.3, 0.4) is 0 Å². The lowest BCUT2D eigenvalue weighted by atomic mass is 9.84. The molecule has 0 aromatic heterocycles. The summed E-state index contributed by atoms with van der Waals surface area (Å²) in [4.78, 5) is 115. The smallest absolute Gasteiger partial charge is 0.251 e. The molecule has 5 rings (SSSR count). The Balaban J connectivity index is 1.33. The van der Waals surface area contributed by atoms with Crippen LogP contribution in [-0.2, 0) is 28.8 Å². The van der Waals surface area contributed by atoms with Gasteiger partial charge in [-0.05, 0) is 121 Å². The number of hydrogen-bond acceptors (Lipinski definition) is 10. The molecule has 2 aliphatic heterocycles. The molecular formula is C54H88N10O8. The molecule has 1 aromatic carbocycles. The first-order valence-corrected chi connectivity index (χ1v) is 26.7. The molecule has 0 bridgehead atoms. The molecule has 8 N–H and O–H groups in total. The van der Waals surface area contributed by atoms with Crippen LogP contribution in [0.25, 0.3) is 0 Å². The quantitative estimate of drug-likeness (QED) is 0.107. The van der Waals surface area contributed by atoms with Gasteiger partial charge in [0.05, 0.1) is 12.1 Å². The summed E-state index contributed by atoms with van der Waals surface area (Å²) in [6, 6.07) is -0.193. The summed E-state index contributed by atoms with van der Waals surface area (Å²) < 4.78 is 0. The van der Waals surface area contributed by atoms with Crippen molar-refractivity contribution in [3.8, 4) is 0 Å². The SMILES string of the molecule is CN[C@@H](C)C(=O)N[C@H](C(=O)N1C[C@@H](NC(=O)c2cccc(C(=O)N[C@H]3C[C@@H](C(=O)N[C@H](C)C4CCCCC4)N(C(=O)[C@@H](NC(=O)[C@H](C)NC)C(C)(C)C)C3)c2)C[C@H]1C(=O)N[C@H](C)C1CCCCC1)C(C)(C)C. The molecule has 4 fully saturated rings. The van der Waals surface area contributed by atoms with E-state index in [0.29, 0.717) is 11.8 Å². The van der Waals surface area contributed by atoms with Crippen molar-refractivity contribution in [2.24, 2.45) is 22.7 Å². The second kappa shape index (κ2) is 25.2. The van der Waals surface area contributed by atoms with Crippen molar-refractivity contribution in [2.75, 3.05) is 27.2 Å². The highest BCUT2D eigenvalue weighted by Crippen LogP contribution is 2.31. The van der Waals surface area contributed by atoms with Gasteiger partial charge >= 0.3 is 0 Å². The van der Waals surface area contributed by atoms with E-state index in [1.54, 1.807) is 46.1 Å². The molecule has 10 atom stereocenters. The first kappa shape index (κ1) is 57.8. The summed E-state index contributed by atoms with van der Waals surface area (Å²) in [5.41, 5.74) is -1.08. The zero-order valence-corrected chi connectivity index (χ0v) is 45.3. The van der Waals surface area contributed by atoms with Gasteiger partial charge in [-0.3, -0.25) is 38.4 Å². The molecule has 4 aliphatic rings. The van der Waals surface area contributed by atoms with Crippen molar-refractivity contribution in [3.63, 3.8) is 0 Å². The van der Waals surface area contributed by atoms with Gasteiger partial charge in [0.2, 0.25) is 35.4 Å². The topological polar surface area (TPSA) is 239 Å². The maximum absolute atomic E-state index is 14.6. The lowest BCUT2D eigenvalue weighted by Gasteiger charge is -2.36. The Morgan fingerprint density at radius 3 is 1.19 bits per heavy atom. The van der Waals surface area contributed by atoms with Crippen LogP contribution < -0.4 is 42.5 Å². The van der Waals surface area contributed by atoms with Gasteiger partial charge in [-0.25, -0.2) is 0 Å². The average Bonchev–Trinajstić information content (AvgIpc) is 3.98. The standard InChI is InChI=1S/C54H88N10O8/c1-31(35-20-15-13-16-21-35)57-49(69)41-27-39(29-63(41)51(71)43(53(5,6)7)61-45(65)33(3)55-11)59-47(67)37-24-19-25-38(26-37)48(68)60-40-28-42(50(70)58-32(2)36-22-17-14-18-23-36)64(30-40)52(72)44(54(8,9)10)62-46(66)34(4)56-12/h19,24-26,31-36,39-44,55-56H,13-18,20-23,27-30H2,1-12H3,(H,57,69)(H,58,70)(H,59,67)(H,60,68)(H,61,65)(H,62,66)/t31-,32-,33+,34+,39+,40+,41+,42+,43-,44-/m1/s1. The molecule has 18 heteroatoms. The van der Waals surface area contributed by atoms with Gasteiger partial charge in [-0.2, -0.15) is 0 Å². The van der Waals surface area contributed by atoms with Crippen molar-refractivity contribution < 1.29 is 38.4 Å². The van der Waals surface area contributed by atoms with Crippen molar-refractivity contribution in [1.29, 1.82) is 0 Å². The lowest BCUT2D eigenvalue weighted by Crippen LogP contribution is -2.60. The van der Waals surface area contributed by atoms with E-state index < -0.39 is 82.8 Å². The molecule has 2 saturated carbocycles. The van der Waals surface area contributed by atoms with Gasteiger partial charge in [0.15, 0.2) is 0 Å². The van der Waals surface area contributed by atoms with Crippen LogP contribution in [0.15, 0.2) is 24.3 Å². The van der Waals surface area contributed by atoms with Gasteiger partial charge in [0.25, 0.3) is 11.8 Å². The molecular weight excluding hydrogens is 917 g/mol. The number of rotatable bonds is 18. The second-order valence-corrected chi connectivity index (χ2v) is 23.4. The Bertz CT molecular complexity index is 1950. The molecule has 2 heterocycles. The van der Waals surface area contributed by atoms with E-state index in [-0.39, 0.29) is 72.8 Å². The summed E-state index contributed by atoms with van der Waals surface area (Å²) in [5, 5.41) is 24.1. The summed E-state index contributed by atoms with van der Waals surface area (Å²) in [7, 11) is 3.32. The Morgan fingerprint density at radius 2 is 0.875 bits per heavy atom. The molecule has 0 unspecified atom stereocenters. The van der Waals surface area contributed by atoms with Gasteiger partial charge in [0, 0.05) is 48.4 Å². The number of carbonyl (C=O) groups is 8. The number of benzene rings is 1. The van der Waals surface area contributed by atoms with Crippen LogP contribution in [0.5, 0.6) is 0 Å². The molecule has 2 saturated heterocycles. The first-order chi connectivity index (χ1) is 33.8. The largest absolute Gasteiger partial charge is 0.352 e. The van der Waals surface area contributed by atoms with Crippen molar-refractivity contribution in [3.05, 3.63) is 35.4 Å². The maximum atomic E-state index is 14.6. The van der Waals surface area contributed by atoms with E-state index in [2.05, 4.69) is 42.5 Å². The fourth-order valence-electron chi connectivity index (χ4n) is 10.8. The number of nitrogens with one attached hydrogen (secondary N) is 8. The number of carbonyl (C=O) groups excluding carboxylic acids is 8. The van der Waals surface area contributed by atoms with Gasteiger partial charge in [-0.1, -0.05) is 86.1 Å². The van der Waals surface area contributed by atoms with Crippen LogP contribution in [-0.4, -0.2) is 145 Å². The van der Waals surface area contributed by atoms with Crippen molar-refractivity contribution >= 4 is 47.3 Å². The van der Waals surface area contributed by atoms with Gasteiger partial charge in [0.1, 0.15) is 24.2 Å².